The highest BCUT2D eigenvalue weighted by Crippen LogP contribution is 2.12. The predicted molar refractivity (Wildman–Crippen MR) is 70.1 cm³/mol. The molecule has 1 atom stereocenters. The summed E-state index contributed by atoms with van der Waals surface area (Å²) < 4.78 is 21.8. The monoisotopic (exact) mass is 276 g/mol. The minimum absolute atomic E-state index is 0.130. The second-order valence-corrected chi connectivity index (χ2v) is 6.95. The van der Waals surface area contributed by atoms with Gasteiger partial charge in [0.1, 0.15) is 9.84 Å². The van der Waals surface area contributed by atoms with Crippen molar-refractivity contribution in [2.75, 3.05) is 12.0 Å². The minimum atomic E-state index is -2.93. The van der Waals surface area contributed by atoms with Gasteiger partial charge in [0.05, 0.1) is 6.10 Å². The summed E-state index contributed by atoms with van der Waals surface area (Å²) in [5, 5.41) is 10.4. The van der Waals surface area contributed by atoms with Crippen LogP contribution in [0.1, 0.15) is 18.4 Å². The number of halogens is 1. The van der Waals surface area contributed by atoms with Crippen molar-refractivity contribution in [3.8, 4) is 0 Å². The molecule has 0 aliphatic rings. The van der Waals surface area contributed by atoms with Crippen molar-refractivity contribution >= 4 is 21.4 Å². The first-order valence-corrected chi connectivity index (χ1v) is 7.91. The quantitative estimate of drug-likeness (QED) is 0.865. The molecule has 1 N–H and O–H groups in total. The fourth-order valence-corrected chi connectivity index (χ4v) is 2.39. The molecule has 3 nitrogen and oxygen atoms in total. The molecule has 1 aromatic carbocycles. The van der Waals surface area contributed by atoms with Crippen LogP contribution < -0.4 is 0 Å². The molecule has 0 heterocycles. The van der Waals surface area contributed by atoms with Crippen molar-refractivity contribution < 1.29 is 13.5 Å². The van der Waals surface area contributed by atoms with Gasteiger partial charge in [0.25, 0.3) is 0 Å². The Kier molecular flexibility index (Phi) is 5.43. The Morgan fingerprint density at radius 2 is 1.88 bits per heavy atom. The predicted octanol–water partition coefficient (Wildman–Crippen LogP) is 2.07. The highest BCUT2D eigenvalue weighted by molar-refractivity contribution is 7.90. The average Bonchev–Trinajstić information content (AvgIpc) is 2.19. The molecule has 0 bridgehead atoms. The average molecular weight is 277 g/mol. The van der Waals surface area contributed by atoms with Crippen LogP contribution in [0.25, 0.3) is 0 Å². The molecule has 0 saturated heterocycles. The molecule has 0 spiro atoms. The van der Waals surface area contributed by atoms with Gasteiger partial charge in [-0.25, -0.2) is 8.42 Å². The van der Waals surface area contributed by atoms with Crippen LogP contribution in [-0.2, 0) is 16.3 Å². The largest absolute Gasteiger partial charge is 0.393 e. The second kappa shape index (κ2) is 6.38. The van der Waals surface area contributed by atoms with Gasteiger partial charge in [-0.15, -0.1) is 0 Å². The van der Waals surface area contributed by atoms with E-state index < -0.39 is 15.9 Å². The summed E-state index contributed by atoms with van der Waals surface area (Å²) in [5.41, 5.74) is 1.00. The Labute approximate surface area is 107 Å². The fourth-order valence-electron chi connectivity index (χ4n) is 1.58. The molecule has 0 aromatic heterocycles. The Hall–Kier alpha value is -0.580. The fraction of sp³-hybridized carbons (Fsp3) is 0.500. The third-order valence-corrected chi connectivity index (χ3v) is 3.72. The molecular weight excluding hydrogens is 260 g/mol. The zero-order chi connectivity index (χ0) is 12.9. The van der Waals surface area contributed by atoms with Gasteiger partial charge >= 0.3 is 0 Å². The first-order valence-electron chi connectivity index (χ1n) is 5.47. The molecule has 1 aromatic rings. The summed E-state index contributed by atoms with van der Waals surface area (Å²) in [6, 6.07) is 7.28. The third-order valence-electron chi connectivity index (χ3n) is 2.44. The number of rotatable bonds is 6. The van der Waals surface area contributed by atoms with Crippen LogP contribution in [0.2, 0.25) is 5.02 Å². The smallest absolute Gasteiger partial charge is 0.147 e. The topological polar surface area (TPSA) is 54.4 Å². The Morgan fingerprint density at radius 1 is 1.29 bits per heavy atom. The van der Waals surface area contributed by atoms with Gasteiger partial charge in [-0.05, 0) is 37.0 Å². The molecule has 96 valence electrons. The Bertz CT molecular complexity index is 439. The van der Waals surface area contributed by atoms with Crippen molar-refractivity contribution in [1.29, 1.82) is 0 Å². The zero-order valence-corrected chi connectivity index (χ0v) is 11.3. The molecular formula is C12H17ClO3S. The van der Waals surface area contributed by atoms with Crippen molar-refractivity contribution in [2.24, 2.45) is 0 Å². The van der Waals surface area contributed by atoms with E-state index in [1.165, 1.54) is 6.26 Å². The van der Waals surface area contributed by atoms with Crippen molar-refractivity contribution in [1.82, 2.24) is 0 Å². The van der Waals surface area contributed by atoms with E-state index in [-0.39, 0.29) is 5.75 Å². The highest BCUT2D eigenvalue weighted by atomic mass is 35.5. The molecule has 0 fully saturated rings. The minimum Gasteiger partial charge on any atom is -0.393 e. The van der Waals surface area contributed by atoms with E-state index in [9.17, 15) is 13.5 Å². The lowest BCUT2D eigenvalue weighted by Crippen LogP contribution is -2.13. The SMILES string of the molecule is CS(=O)(=O)CCCC(O)Cc1ccc(Cl)cc1. The van der Waals surface area contributed by atoms with Gasteiger partial charge in [0.2, 0.25) is 0 Å². The van der Waals surface area contributed by atoms with Crippen molar-refractivity contribution in [3.05, 3.63) is 34.9 Å². The highest BCUT2D eigenvalue weighted by Gasteiger charge is 2.08. The maximum Gasteiger partial charge on any atom is 0.147 e. The Morgan fingerprint density at radius 3 is 2.41 bits per heavy atom. The molecule has 1 rings (SSSR count). The zero-order valence-electron chi connectivity index (χ0n) is 9.77. The van der Waals surface area contributed by atoms with Crippen LogP contribution in [-0.4, -0.2) is 31.6 Å². The second-order valence-electron chi connectivity index (χ2n) is 4.26. The van der Waals surface area contributed by atoms with Gasteiger partial charge < -0.3 is 5.11 Å². The summed E-state index contributed by atoms with van der Waals surface area (Å²) in [5.74, 6) is 0.130. The van der Waals surface area contributed by atoms with E-state index in [2.05, 4.69) is 0 Å². The number of aliphatic hydroxyl groups is 1. The van der Waals surface area contributed by atoms with Crippen LogP contribution >= 0.6 is 11.6 Å². The number of hydrogen-bond acceptors (Lipinski definition) is 3. The summed E-state index contributed by atoms with van der Waals surface area (Å²) in [7, 11) is -2.93. The Balaban J connectivity index is 2.34. The lowest BCUT2D eigenvalue weighted by Gasteiger charge is -2.10. The first-order chi connectivity index (χ1) is 7.87. The summed E-state index contributed by atoms with van der Waals surface area (Å²) >= 11 is 5.75. The molecule has 1 unspecified atom stereocenters. The van der Waals surface area contributed by atoms with E-state index in [4.69, 9.17) is 11.6 Å². The van der Waals surface area contributed by atoms with Gasteiger partial charge in [-0.3, -0.25) is 0 Å². The molecule has 0 aliphatic carbocycles. The summed E-state index contributed by atoms with van der Waals surface area (Å²) in [6.07, 6.45) is 2.22. The molecule has 17 heavy (non-hydrogen) atoms. The molecule has 5 heteroatoms. The third kappa shape index (κ3) is 6.66. The van der Waals surface area contributed by atoms with Crippen LogP contribution in [0.15, 0.2) is 24.3 Å². The number of benzene rings is 1. The normalized spacial score (nSPS) is 13.6. The van der Waals surface area contributed by atoms with E-state index in [1.807, 2.05) is 12.1 Å². The van der Waals surface area contributed by atoms with Gasteiger partial charge in [0, 0.05) is 17.0 Å². The first kappa shape index (κ1) is 14.5. The molecule has 0 radical (unpaired) electrons. The van der Waals surface area contributed by atoms with Crippen LogP contribution in [0.3, 0.4) is 0 Å². The molecule has 0 saturated carbocycles. The maximum absolute atomic E-state index is 10.9. The molecule has 0 amide bonds. The van der Waals surface area contributed by atoms with Crippen LogP contribution in [0, 0.1) is 0 Å². The van der Waals surface area contributed by atoms with Gasteiger partial charge in [-0.2, -0.15) is 0 Å². The summed E-state index contributed by atoms with van der Waals surface area (Å²) in [6.45, 7) is 0. The lowest BCUT2D eigenvalue weighted by atomic mass is 10.1. The van der Waals surface area contributed by atoms with Gasteiger partial charge in [0.15, 0.2) is 0 Å². The number of hydrogen-bond donors (Lipinski definition) is 1. The number of aliphatic hydroxyl groups excluding tert-OH is 1. The van der Waals surface area contributed by atoms with E-state index in [0.717, 1.165) is 5.56 Å². The summed E-state index contributed by atoms with van der Waals surface area (Å²) in [4.78, 5) is 0. The van der Waals surface area contributed by atoms with Crippen molar-refractivity contribution in [3.63, 3.8) is 0 Å². The van der Waals surface area contributed by atoms with E-state index in [0.29, 0.717) is 24.3 Å². The number of sulfone groups is 1. The van der Waals surface area contributed by atoms with E-state index >= 15 is 0 Å². The maximum atomic E-state index is 10.9. The van der Waals surface area contributed by atoms with Crippen molar-refractivity contribution in [2.45, 2.75) is 25.4 Å². The van der Waals surface area contributed by atoms with Crippen LogP contribution in [0.5, 0.6) is 0 Å². The molecule has 0 aliphatic heterocycles. The lowest BCUT2D eigenvalue weighted by molar-refractivity contribution is 0.164. The van der Waals surface area contributed by atoms with E-state index in [1.54, 1.807) is 12.1 Å². The van der Waals surface area contributed by atoms with Crippen LogP contribution in [0.4, 0.5) is 0 Å². The van der Waals surface area contributed by atoms with Gasteiger partial charge in [-0.1, -0.05) is 23.7 Å². The standard InChI is InChI=1S/C12H17ClO3S/c1-17(15,16)8-2-3-12(14)9-10-4-6-11(13)7-5-10/h4-7,12,14H,2-3,8-9H2,1H3.